The van der Waals surface area contributed by atoms with Crippen molar-refractivity contribution in [3.8, 4) is 0 Å². The van der Waals surface area contributed by atoms with Crippen molar-refractivity contribution in [2.75, 3.05) is 32.8 Å². The lowest BCUT2D eigenvalue weighted by molar-refractivity contribution is 0.0360. The van der Waals surface area contributed by atoms with Crippen LogP contribution in [0.5, 0.6) is 0 Å². The summed E-state index contributed by atoms with van der Waals surface area (Å²) < 4.78 is 7.20. The Balaban J connectivity index is 1.70. The monoisotopic (exact) mass is 275 g/mol. The summed E-state index contributed by atoms with van der Waals surface area (Å²) in [6, 6.07) is 5.00. The quantitative estimate of drug-likeness (QED) is 0.904. The molecule has 1 aliphatic rings. The first-order chi connectivity index (χ1) is 9.72. The summed E-state index contributed by atoms with van der Waals surface area (Å²) in [5.41, 5.74) is 1.13. The highest BCUT2D eigenvalue weighted by molar-refractivity contribution is 5.93. The highest BCUT2D eigenvalue weighted by Crippen LogP contribution is 2.14. The van der Waals surface area contributed by atoms with E-state index in [1.165, 1.54) is 0 Å². The number of morpholine rings is 1. The van der Waals surface area contributed by atoms with E-state index in [4.69, 9.17) is 9.84 Å². The smallest absolute Gasteiger partial charge is 0.335 e. The molecular weight excluding hydrogens is 258 g/mol. The summed E-state index contributed by atoms with van der Waals surface area (Å²) in [4.78, 5) is 13.3. The van der Waals surface area contributed by atoms with E-state index in [0.29, 0.717) is 5.56 Å². The number of ether oxygens (including phenoxy) is 1. The zero-order chi connectivity index (χ0) is 13.9. The predicted molar refractivity (Wildman–Crippen MR) is 74.0 cm³/mol. The summed E-state index contributed by atoms with van der Waals surface area (Å²) in [6.45, 7) is 5.25. The maximum absolute atomic E-state index is 10.9. The Morgan fingerprint density at radius 3 is 2.85 bits per heavy atom. The van der Waals surface area contributed by atoms with E-state index < -0.39 is 5.97 Å². The number of rotatable bonds is 4. The molecule has 0 atom stereocenters. The molecule has 6 heteroatoms. The van der Waals surface area contributed by atoms with Gasteiger partial charge in [-0.05, 0) is 18.2 Å². The molecular formula is C14H17N3O3. The lowest BCUT2D eigenvalue weighted by Gasteiger charge is -2.26. The van der Waals surface area contributed by atoms with Gasteiger partial charge in [-0.3, -0.25) is 9.58 Å². The van der Waals surface area contributed by atoms with E-state index in [0.717, 1.165) is 50.3 Å². The highest BCUT2D eigenvalue weighted by atomic mass is 16.5. The van der Waals surface area contributed by atoms with Crippen molar-refractivity contribution >= 4 is 16.9 Å². The zero-order valence-corrected chi connectivity index (χ0v) is 11.2. The van der Waals surface area contributed by atoms with Crippen molar-refractivity contribution in [3.63, 3.8) is 0 Å². The van der Waals surface area contributed by atoms with Crippen molar-refractivity contribution < 1.29 is 14.6 Å². The first kappa shape index (κ1) is 13.1. The first-order valence-electron chi connectivity index (χ1n) is 6.73. The number of fused-ring (bicyclic) bond motifs is 1. The number of aromatic nitrogens is 2. The van der Waals surface area contributed by atoms with Gasteiger partial charge in [-0.2, -0.15) is 5.10 Å². The largest absolute Gasteiger partial charge is 0.478 e. The minimum atomic E-state index is -0.909. The van der Waals surface area contributed by atoms with Gasteiger partial charge in [0.05, 0.1) is 30.8 Å². The average molecular weight is 275 g/mol. The van der Waals surface area contributed by atoms with E-state index >= 15 is 0 Å². The van der Waals surface area contributed by atoms with Gasteiger partial charge >= 0.3 is 5.97 Å². The average Bonchev–Trinajstić information content (AvgIpc) is 2.88. The minimum Gasteiger partial charge on any atom is -0.478 e. The summed E-state index contributed by atoms with van der Waals surface area (Å²) in [7, 11) is 0. The number of hydrogen-bond donors (Lipinski definition) is 1. The van der Waals surface area contributed by atoms with Gasteiger partial charge in [0.2, 0.25) is 0 Å². The van der Waals surface area contributed by atoms with Crippen molar-refractivity contribution in [1.29, 1.82) is 0 Å². The second kappa shape index (κ2) is 5.60. The van der Waals surface area contributed by atoms with Crippen LogP contribution in [0.25, 0.3) is 10.9 Å². The van der Waals surface area contributed by atoms with Crippen LogP contribution in [0.15, 0.2) is 24.4 Å². The Bertz CT molecular complexity index is 617. The molecule has 1 aliphatic heterocycles. The number of hydrogen-bond acceptors (Lipinski definition) is 4. The van der Waals surface area contributed by atoms with Gasteiger partial charge in [0, 0.05) is 31.2 Å². The number of benzene rings is 1. The molecule has 106 valence electrons. The molecule has 0 saturated carbocycles. The van der Waals surface area contributed by atoms with E-state index in [1.54, 1.807) is 18.2 Å². The molecule has 0 bridgehead atoms. The topological polar surface area (TPSA) is 67.6 Å². The number of carboxylic acid groups (broad SMARTS) is 1. The van der Waals surface area contributed by atoms with Crippen molar-refractivity contribution in [2.45, 2.75) is 6.54 Å². The summed E-state index contributed by atoms with van der Waals surface area (Å²) >= 11 is 0. The molecule has 1 saturated heterocycles. The Morgan fingerprint density at radius 2 is 2.10 bits per heavy atom. The van der Waals surface area contributed by atoms with Crippen LogP contribution in [-0.2, 0) is 11.3 Å². The van der Waals surface area contributed by atoms with Crippen LogP contribution in [0.4, 0.5) is 0 Å². The molecule has 2 aromatic rings. The van der Waals surface area contributed by atoms with Crippen molar-refractivity contribution in [3.05, 3.63) is 30.0 Å². The Labute approximate surface area is 116 Å². The lowest BCUT2D eigenvalue weighted by Crippen LogP contribution is -2.38. The maximum atomic E-state index is 10.9. The fourth-order valence-electron chi connectivity index (χ4n) is 2.39. The van der Waals surface area contributed by atoms with E-state index in [1.807, 2.05) is 10.9 Å². The van der Waals surface area contributed by atoms with E-state index in [9.17, 15) is 4.79 Å². The Kier molecular flexibility index (Phi) is 3.66. The Morgan fingerprint density at radius 1 is 1.30 bits per heavy atom. The molecule has 0 radical (unpaired) electrons. The standard InChI is InChI=1S/C14H17N3O3/c18-14(19)11-1-2-13-12(9-11)10-17(15-13)4-3-16-5-7-20-8-6-16/h1-2,9-10H,3-8H2,(H,18,19). The molecule has 20 heavy (non-hydrogen) atoms. The van der Waals surface area contributed by atoms with Crippen LogP contribution < -0.4 is 0 Å². The van der Waals surface area contributed by atoms with E-state index in [2.05, 4.69) is 10.00 Å². The van der Waals surface area contributed by atoms with Crippen LogP contribution in [0.2, 0.25) is 0 Å². The van der Waals surface area contributed by atoms with E-state index in [-0.39, 0.29) is 0 Å². The zero-order valence-electron chi connectivity index (χ0n) is 11.2. The molecule has 1 N–H and O–H groups in total. The van der Waals surface area contributed by atoms with Crippen LogP contribution in [0.1, 0.15) is 10.4 Å². The van der Waals surface area contributed by atoms with Crippen molar-refractivity contribution in [1.82, 2.24) is 14.7 Å². The minimum absolute atomic E-state index is 0.297. The lowest BCUT2D eigenvalue weighted by atomic mass is 10.2. The molecule has 1 fully saturated rings. The molecule has 3 rings (SSSR count). The molecule has 0 spiro atoms. The second-order valence-electron chi connectivity index (χ2n) is 4.92. The van der Waals surface area contributed by atoms with Gasteiger partial charge in [-0.25, -0.2) is 4.79 Å². The van der Waals surface area contributed by atoms with Gasteiger partial charge in [0.15, 0.2) is 0 Å². The van der Waals surface area contributed by atoms with Crippen LogP contribution in [0.3, 0.4) is 0 Å². The third-order valence-corrected chi connectivity index (χ3v) is 3.55. The molecule has 0 aliphatic carbocycles. The number of carbonyl (C=O) groups is 1. The molecule has 2 heterocycles. The summed E-state index contributed by atoms with van der Waals surface area (Å²) in [5.74, 6) is -0.909. The third kappa shape index (κ3) is 2.81. The number of carboxylic acids is 1. The number of aromatic carboxylic acids is 1. The fraction of sp³-hybridized carbons (Fsp3) is 0.429. The molecule has 0 amide bonds. The highest BCUT2D eigenvalue weighted by Gasteiger charge is 2.11. The fourth-order valence-corrected chi connectivity index (χ4v) is 2.39. The van der Waals surface area contributed by atoms with Gasteiger partial charge in [-0.15, -0.1) is 0 Å². The molecule has 1 aromatic heterocycles. The number of nitrogens with zero attached hydrogens (tertiary/aromatic N) is 3. The third-order valence-electron chi connectivity index (χ3n) is 3.55. The predicted octanol–water partition coefficient (Wildman–Crippen LogP) is 1.07. The summed E-state index contributed by atoms with van der Waals surface area (Å²) in [6.07, 6.45) is 1.90. The maximum Gasteiger partial charge on any atom is 0.335 e. The SMILES string of the molecule is O=C(O)c1ccc2nn(CCN3CCOCC3)cc2c1. The van der Waals surface area contributed by atoms with Gasteiger partial charge in [-0.1, -0.05) is 0 Å². The van der Waals surface area contributed by atoms with Crippen LogP contribution >= 0.6 is 0 Å². The van der Waals surface area contributed by atoms with Gasteiger partial charge < -0.3 is 9.84 Å². The normalized spacial score (nSPS) is 16.6. The Hall–Kier alpha value is -1.92. The first-order valence-corrected chi connectivity index (χ1v) is 6.73. The summed E-state index contributed by atoms with van der Waals surface area (Å²) in [5, 5.41) is 14.3. The van der Waals surface area contributed by atoms with Crippen LogP contribution in [0, 0.1) is 0 Å². The van der Waals surface area contributed by atoms with Gasteiger partial charge in [0.1, 0.15) is 0 Å². The van der Waals surface area contributed by atoms with Gasteiger partial charge in [0.25, 0.3) is 0 Å². The second-order valence-corrected chi connectivity index (χ2v) is 4.92. The van der Waals surface area contributed by atoms with Crippen molar-refractivity contribution in [2.24, 2.45) is 0 Å². The molecule has 6 nitrogen and oxygen atoms in total. The molecule has 0 unspecified atom stereocenters. The van der Waals surface area contributed by atoms with Crippen LogP contribution in [-0.4, -0.2) is 58.6 Å². The molecule has 1 aromatic carbocycles.